The van der Waals surface area contributed by atoms with Gasteiger partial charge in [-0.25, -0.2) is 0 Å². The Balaban J connectivity index is 1.65. The van der Waals surface area contributed by atoms with E-state index >= 15 is 0 Å². The number of hydrogen-bond acceptors (Lipinski definition) is 6. The van der Waals surface area contributed by atoms with Crippen LogP contribution in [0.1, 0.15) is 24.0 Å². The number of hydrogen-bond donors (Lipinski definition) is 0. The molecule has 4 aromatic rings. The molecular weight excluding hydrogens is 372 g/mol. The molecule has 0 radical (unpaired) electrons. The average Bonchev–Trinajstić information content (AvgIpc) is 3.38. The predicted molar refractivity (Wildman–Crippen MR) is 108 cm³/mol. The summed E-state index contributed by atoms with van der Waals surface area (Å²) in [5.74, 6) is 2.40. The minimum Gasteiger partial charge on any atom is -0.494 e. The van der Waals surface area contributed by atoms with Crippen molar-refractivity contribution in [3.05, 3.63) is 84.0 Å². The molecule has 0 saturated carbocycles. The topological polar surface area (TPSA) is 66.0 Å². The van der Waals surface area contributed by atoms with Gasteiger partial charge in [0.05, 0.1) is 12.3 Å². The van der Waals surface area contributed by atoms with Crippen molar-refractivity contribution < 1.29 is 9.26 Å². The van der Waals surface area contributed by atoms with Gasteiger partial charge in [-0.3, -0.25) is 4.57 Å². The highest BCUT2D eigenvalue weighted by Gasteiger charge is 2.16. The quantitative estimate of drug-likeness (QED) is 0.410. The summed E-state index contributed by atoms with van der Waals surface area (Å²) in [7, 11) is 0. The average molecular weight is 392 g/mol. The van der Waals surface area contributed by atoms with E-state index in [0.717, 1.165) is 28.1 Å². The maximum Gasteiger partial charge on any atom is 0.196 e. The zero-order valence-corrected chi connectivity index (χ0v) is 16.3. The second-order valence-corrected chi connectivity index (χ2v) is 7.05. The highest BCUT2D eigenvalue weighted by molar-refractivity contribution is 7.98. The van der Waals surface area contributed by atoms with E-state index in [2.05, 4.69) is 32.1 Å². The van der Waals surface area contributed by atoms with Gasteiger partial charge >= 0.3 is 0 Å². The molecule has 0 bridgehead atoms. The first-order valence-corrected chi connectivity index (χ1v) is 10.1. The maximum absolute atomic E-state index is 5.57. The van der Waals surface area contributed by atoms with Crippen LogP contribution in [0.2, 0.25) is 0 Å². The number of thioether (sulfide) groups is 1. The fourth-order valence-electron chi connectivity index (χ4n) is 2.85. The normalized spacial score (nSPS) is 10.9. The molecule has 0 spiro atoms. The van der Waals surface area contributed by atoms with Crippen molar-refractivity contribution in [2.45, 2.75) is 24.3 Å². The van der Waals surface area contributed by atoms with Gasteiger partial charge in [-0.2, -0.15) is 0 Å². The molecule has 4 rings (SSSR count). The predicted octanol–water partition coefficient (Wildman–Crippen LogP) is 4.54. The van der Waals surface area contributed by atoms with Crippen molar-refractivity contribution in [3.63, 3.8) is 0 Å². The summed E-state index contributed by atoms with van der Waals surface area (Å²) >= 11 is 1.58. The Morgan fingerprint density at radius 3 is 2.54 bits per heavy atom. The zero-order valence-electron chi connectivity index (χ0n) is 15.5. The molecule has 0 aliphatic rings. The van der Waals surface area contributed by atoms with E-state index in [4.69, 9.17) is 9.26 Å². The number of nitrogens with zero attached hydrogens (tertiary/aromatic N) is 4. The lowest BCUT2D eigenvalue weighted by atomic mass is 10.1. The lowest BCUT2D eigenvalue weighted by Gasteiger charge is -2.11. The minimum absolute atomic E-state index is 0.643. The molecule has 0 N–H and O–H groups in total. The standard InChI is InChI=1S/C21H20N4O2S/c1-2-26-19-10-8-18(9-11-19)25-20(14-16-6-4-3-5-7-16)22-23-21(25)28-15-17-12-13-27-24-17/h3-13H,2,14-15H2,1H3. The lowest BCUT2D eigenvalue weighted by Crippen LogP contribution is -2.04. The fraction of sp³-hybridized carbons (Fsp3) is 0.190. The van der Waals surface area contributed by atoms with Gasteiger partial charge in [0.1, 0.15) is 17.8 Å². The maximum atomic E-state index is 5.57. The van der Waals surface area contributed by atoms with Gasteiger partial charge in [-0.05, 0) is 36.8 Å². The van der Waals surface area contributed by atoms with Gasteiger partial charge in [-0.15, -0.1) is 10.2 Å². The molecule has 2 heterocycles. The van der Waals surface area contributed by atoms with E-state index < -0.39 is 0 Å². The van der Waals surface area contributed by atoms with Crippen LogP contribution in [0, 0.1) is 0 Å². The molecule has 6 nitrogen and oxygen atoms in total. The van der Waals surface area contributed by atoms with Crippen molar-refractivity contribution >= 4 is 11.8 Å². The van der Waals surface area contributed by atoms with E-state index in [9.17, 15) is 0 Å². The molecule has 0 unspecified atom stereocenters. The van der Waals surface area contributed by atoms with Crippen molar-refractivity contribution in [1.82, 2.24) is 19.9 Å². The van der Waals surface area contributed by atoms with Gasteiger partial charge in [0.25, 0.3) is 0 Å². The van der Waals surface area contributed by atoms with E-state index in [1.165, 1.54) is 5.56 Å². The van der Waals surface area contributed by atoms with Crippen molar-refractivity contribution in [2.24, 2.45) is 0 Å². The number of benzene rings is 2. The summed E-state index contributed by atoms with van der Waals surface area (Å²) in [6.07, 6.45) is 2.28. The monoisotopic (exact) mass is 392 g/mol. The molecule has 0 saturated heterocycles. The summed E-state index contributed by atoms with van der Waals surface area (Å²) in [6, 6.07) is 20.1. The number of rotatable bonds is 8. The highest BCUT2D eigenvalue weighted by Crippen LogP contribution is 2.27. The molecule has 0 aliphatic carbocycles. The van der Waals surface area contributed by atoms with Crippen LogP contribution in [-0.4, -0.2) is 26.5 Å². The molecule has 7 heteroatoms. The number of ether oxygens (including phenoxy) is 1. The summed E-state index contributed by atoms with van der Waals surface area (Å²) in [5, 5.41) is 13.7. The number of aromatic nitrogens is 4. The molecule has 142 valence electrons. The molecule has 2 aromatic carbocycles. The third-order valence-electron chi connectivity index (χ3n) is 4.15. The Bertz CT molecular complexity index is 999. The van der Waals surface area contributed by atoms with Crippen molar-refractivity contribution in [1.29, 1.82) is 0 Å². The Kier molecular flexibility index (Phi) is 5.72. The van der Waals surface area contributed by atoms with Gasteiger partial charge in [-0.1, -0.05) is 47.3 Å². The van der Waals surface area contributed by atoms with Crippen LogP contribution in [0.15, 0.2) is 76.6 Å². The summed E-state index contributed by atoms with van der Waals surface area (Å²) in [5.41, 5.74) is 3.06. The molecule has 0 amide bonds. The Morgan fingerprint density at radius 1 is 1.00 bits per heavy atom. The highest BCUT2D eigenvalue weighted by atomic mass is 32.2. The third kappa shape index (κ3) is 4.26. The summed E-state index contributed by atoms with van der Waals surface area (Å²) < 4.78 is 12.6. The lowest BCUT2D eigenvalue weighted by molar-refractivity contribution is 0.340. The molecular formula is C21H20N4O2S. The molecule has 2 aromatic heterocycles. The van der Waals surface area contributed by atoms with E-state index in [1.54, 1.807) is 18.0 Å². The van der Waals surface area contributed by atoms with E-state index in [0.29, 0.717) is 18.8 Å². The van der Waals surface area contributed by atoms with Crippen molar-refractivity contribution in [3.8, 4) is 11.4 Å². The van der Waals surface area contributed by atoms with Gasteiger partial charge in [0.15, 0.2) is 5.16 Å². The Morgan fingerprint density at radius 2 is 1.82 bits per heavy atom. The van der Waals surface area contributed by atoms with Crippen LogP contribution in [0.25, 0.3) is 5.69 Å². The smallest absolute Gasteiger partial charge is 0.196 e. The van der Waals surface area contributed by atoms with Crippen LogP contribution in [0.5, 0.6) is 5.75 Å². The van der Waals surface area contributed by atoms with Crippen LogP contribution in [0.4, 0.5) is 0 Å². The second-order valence-electron chi connectivity index (χ2n) is 6.10. The van der Waals surface area contributed by atoms with Crippen LogP contribution >= 0.6 is 11.8 Å². The molecule has 0 fully saturated rings. The van der Waals surface area contributed by atoms with E-state index in [1.807, 2.05) is 55.5 Å². The van der Waals surface area contributed by atoms with Gasteiger partial charge in [0.2, 0.25) is 0 Å². The summed E-state index contributed by atoms with van der Waals surface area (Å²) in [4.78, 5) is 0. The molecule has 28 heavy (non-hydrogen) atoms. The van der Waals surface area contributed by atoms with Crippen LogP contribution in [0.3, 0.4) is 0 Å². The summed E-state index contributed by atoms with van der Waals surface area (Å²) in [6.45, 7) is 2.62. The van der Waals surface area contributed by atoms with Crippen LogP contribution in [-0.2, 0) is 12.2 Å². The zero-order chi connectivity index (χ0) is 19.2. The first-order chi connectivity index (χ1) is 13.8. The van der Waals surface area contributed by atoms with E-state index in [-0.39, 0.29) is 0 Å². The Hall–Kier alpha value is -3.06. The third-order valence-corrected chi connectivity index (χ3v) is 5.11. The largest absolute Gasteiger partial charge is 0.494 e. The second kappa shape index (κ2) is 8.75. The van der Waals surface area contributed by atoms with Crippen LogP contribution < -0.4 is 4.74 Å². The first kappa shape index (κ1) is 18.3. The first-order valence-electron chi connectivity index (χ1n) is 9.07. The van der Waals surface area contributed by atoms with Gasteiger partial charge < -0.3 is 9.26 Å². The molecule has 0 atom stereocenters. The Labute approximate surface area is 167 Å². The SMILES string of the molecule is CCOc1ccc(-n2c(Cc3ccccc3)nnc2SCc2ccon2)cc1. The fourth-order valence-corrected chi connectivity index (χ4v) is 3.72. The van der Waals surface area contributed by atoms with Gasteiger partial charge in [0, 0.05) is 23.9 Å². The molecule has 0 aliphatic heterocycles. The van der Waals surface area contributed by atoms with Crippen molar-refractivity contribution in [2.75, 3.05) is 6.61 Å². The minimum atomic E-state index is 0.643.